The summed E-state index contributed by atoms with van der Waals surface area (Å²) >= 11 is 0. The highest BCUT2D eigenvalue weighted by atomic mass is 16.5. The lowest BCUT2D eigenvalue weighted by Crippen LogP contribution is -2.49. The highest BCUT2D eigenvalue weighted by Gasteiger charge is 2.43. The number of imidazole rings is 1. The third-order valence-corrected chi connectivity index (χ3v) is 10.8. The molecule has 0 radical (unpaired) electrons. The van der Waals surface area contributed by atoms with E-state index in [0.717, 1.165) is 56.6 Å². The molecule has 0 saturated heterocycles. The van der Waals surface area contributed by atoms with Crippen LogP contribution >= 0.6 is 0 Å². The molecule has 2 aliphatic rings. The number of pyridine rings is 1. The van der Waals surface area contributed by atoms with Gasteiger partial charge in [-0.3, -0.25) is 9.13 Å². The average Bonchev–Trinajstić information content (AvgIpc) is 3.70. The van der Waals surface area contributed by atoms with Crippen LogP contribution < -0.4 is 24.2 Å². The molecule has 52 heavy (non-hydrogen) atoms. The van der Waals surface area contributed by atoms with Gasteiger partial charge < -0.3 is 14.2 Å². The lowest BCUT2D eigenvalue weighted by atomic mass is 9.67. The third-order valence-electron chi connectivity index (χ3n) is 10.8. The molecule has 6 nitrogen and oxygen atoms in total. The molecular formula is C45H41BN4O2. The van der Waals surface area contributed by atoms with Crippen LogP contribution in [0, 0.1) is 20.2 Å². The van der Waals surface area contributed by atoms with Gasteiger partial charge in [0.05, 0.1) is 28.1 Å². The summed E-state index contributed by atoms with van der Waals surface area (Å²) in [6, 6.07) is 40.2. The molecule has 7 aromatic rings. The molecule has 0 N–H and O–H groups in total. The first kappa shape index (κ1) is 32.1. The van der Waals surface area contributed by atoms with Gasteiger partial charge in [-0.2, -0.15) is 0 Å². The van der Waals surface area contributed by atoms with Crippen LogP contribution in [0.5, 0.6) is 17.2 Å². The van der Waals surface area contributed by atoms with Gasteiger partial charge in [0, 0.05) is 17.7 Å². The second-order valence-corrected chi connectivity index (χ2v) is 15.6. The fraction of sp³-hybridized carbons (Fsp3) is 0.200. The number of fused-ring (bicyclic) bond motifs is 3. The number of rotatable bonds is 5. The summed E-state index contributed by atoms with van der Waals surface area (Å²) in [4.78, 5) is 7.12. The van der Waals surface area contributed by atoms with Crippen molar-refractivity contribution in [2.45, 2.75) is 59.3 Å². The summed E-state index contributed by atoms with van der Waals surface area (Å²) in [5, 5.41) is 0. The summed E-state index contributed by atoms with van der Waals surface area (Å²) in [6.07, 6.45) is 5.59. The smallest absolute Gasteiger partial charge is 0.526 e. The van der Waals surface area contributed by atoms with E-state index in [0.29, 0.717) is 0 Å². The molecular weight excluding hydrogens is 639 g/mol. The molecule has 4 heterocycles. The Balaban J connectivity index is 1.14. The molecule has 0 bridgehead atoms. The Morgan fingerprint density at radius 1 is 0.769 bits per heavy atom. The van der Waals surface area contributed by atoms with Crippen LogP contribution in [0.2, 0.25) is 0 Å². The minimum atomic E-state index is -0.372. The number of nitrogens with zero attached hydrogens (tertiary/aromatic N) is 4. The van der Waals surface area contributed by atoms with E-state index < -0.39 is 0 Å². The summed E-state index contributed by atoms with van der Waals surface area (Å²) < 4.78 is 17.9. The maximum atomic E-state index is 6.77. The Hall–Kier alpha value is -5.82. The van der Waals surface area contributed by atoms with E-state index in [9.17, 15) is 0 Å². The standard InChI is InChI=1S/C45H41BN4O2/c1-29-13-11-14-30(2)42(29)46-50(41-25-31(23-24-47-41)44(3,4)5)39-27-34(20-22-40(39)52-46)51-33-19-21-35-38(26-33)49-28-48(32-15-9-8-10-16-32)37-18-12-17-36(43(37)49)45(35,6)7/h8-27H,1-7H3. The van der Waals surface area contributed by atoms with Gasteiger partial charge in [0.25, 0.3) is 6.33 Å². The Bertz CT molecular complexity index is 2510. The molecule has 7 heteroatoms. The molecule has 0 atom stereocenters. The number of benzene rings is 5. The van der Waals surface area contributed by atoms with Crippen LogP contribution in [0.1, 0.15) is 62.4 Å². The molecule has 0 saturated carbocycles. The predicted molar refractivity (Wildman–Crippen MR) is 209 cm³/mol. The molecule has 9 rings (SSSR count). The SMILES string of the molecule is Cc1cccc(C)c1B1Oc2ccc(Oc3ccc4c(c3)-n3[c-][n+](-c5ccccc5)c5cccc(c53)C4(C)C)cc2N1c1cc(C(C)(C)C)ccn1. The highest BCUT2D eigenvalue weighted by Crippen LogP contribution is 2.47. The van der Waals surface area contributed by atoms with Gasteiger partial charge in [0.2, 0.25) is 0 Å². The van der Waals surface area contributed by atoms with Crippen molar-refractivity contribution in [1.82, 2.24) is 9.55 Å². The van der Waals surface area contributed by atoms with Crippen molar-refractivity contribution in [2.24, 2.45) is 0 Å². The zero-order valence-corrected chi connectivity index (χ0v) is 30.7. The van der Waals surface area contributed by atoms with Gasteiger partial charge in [0.1, 0.15) is 23.1 Å². The van der Waals surface area contributed by atoms with Crippen molar-refractivity contribution in [3.05, 3.63) is 156 Å². The summed E-state index contributed by atoms with van der Waals surface area (Å²) in [6.45, 7) is 15.6. The lowest BCUT2D eigenvalue weighted by molar-refractivity contribution is -0.572. The zero-order chi connectivity index (χ0) is 35.9. The number of para-hydroxylation sites is 2. The van der Waals surface area contributed by atoms with Gasteiger partial charge >= 0.3 is 7.05 Å². The third kappa shape index (κ3) is 5.01. The number of anilines is 2. The fourth-order valence-corrected chi connectivity index (χ4v) is 7.99. The minimum Gasteiger partial charge on any atom is -0.536 e. The normalized spacial score (nSPS) is 14.3. The number of ether oxygens (including phenoxy) is 1. The predicted octanol–water partition coefficient (Wildman–Crippen LogP) is 9.37. The number of aromatic nitrogens is 3. The van der Waals surface area contributed by atoms with E-state index in [-0.39, 0.29) is 17.9 Å². The molecule has 0 fully saturated rings. The van der Waals surface area contributed by atoms with Crippen molar-refractivity contribution in [3.8, 4) is 28.6 Å². The van der Waals surface area contributed by atoms with Crippen LogP contribution in [-0.2, 0) is 10.8 Å². The molecule has 2 aromatic heterocycles. The van der Waals surface area contributed by atoms with Crippen molar-refractivity contribution in [1.29, 1.82) is 0 Å². The van der Waals surface area contributed by atoms with E-state index in [1.54, 1.807) is 0 Å². The Morgan fingerprint density at radius 3 is 2.23 bits per heavy atom. The number of aryl methyl sites for hydroxylation is 2. The topological polar surface area (TPSA) is 43.4 Å². The van der Waals surface area contributed by atoms with Gasteiger partial charge in [0.15, 0.2) is 0 Å². The first-order chi connectivity index (χ1) is 25.0. The van der Waals surface area contributed by atoms with E-state index in [2.05, 4.69) is 166 Å². The quantitative estimate of drug-likeness (QED) is 0.103. The Morgan fingerprint density at radius 2 is 1.48 bits per heavy atom. The molecule has 0 unspecified atom stereocenters. The van der Waals surface area contributed by atoms with Crippen LogP contribution in [0.3, 0.4) is 0 Å². The first-order valence-electron chi connectivity index (χ1n) is 18.0. The first-order valence-corrected chi connectivity index (χ1v) is 18.0. The maximum Gasteiger partial charge on any atom is 0.526 e. The van der Waals surface area contributed by atoms with E-state index in [1.807, 2.05) is 24.4 Å². The number of hydrogen-bond donors (Lipinski definition) is 0. The zero-order valence-electron chi connectivity index (χ0n) is 30.7. The summed E-state index contributed by atoms with van der Waals surface area (Å²) in [7, 11) is -0.372. The molecule has 256 valence electrons. The monoisotopic (exact) mass is 680 g/mol. The van der Waals surface area contributed by atoms with E-state index in [4.69, 9.17) is 14.4 Å². The van der Waals surface area contributed by atoms with Crippen molar-refractivity contribution >= 4 is 35.1 Å². The largest absolute Gasteiger partial charge is 0.536 e. The van der Waals surface area contributed by atoms with Gasteiger partial charge in [-0.25, -0.2) is 4.98 Å². The van der Waals surface area contributed by atoms with Crippen LogP contribution in [0.25, 0.3) is 22.4 Å². The lowest BCUT2D eigenvalue weighted by Gasteiger charge is -2.34. The molecule has 0 aliphatic carbocycles. The van der Waals surface area contributed by atoms with Gasteiger partial charge in [-0.1, -0.05) is 106 Å². The van der Waals surface area contributed by atoms with Crippen LogP contribution in [-0.4, -0.2) is 16.6 Å². The molecule has 2 aliphatic heterocycles. The summed E-state index contributed by atoms with van der Waals surface area (Å²) in [5.74, 6) is 3.10. The minimum absolute atomic E-state index is 0.0369. The van der Waals surface area contributed by atoms with Crippen LogP contribution in [0.4, 0.5) is 11.5 Å². The van der Waals surface area contributed by atoms with E-state index in [1.165, 1.54) is 27.8 Å². The van der Waals surface area contributed by atoms with Gasteiger partial charge in [-0.15, -0.1) is 0 Å². The summed E-state index contributed by atoms with van der Waals surface area (Å²) in [5.41, 5.74) is 12.3. The molecule has 0 amide bonds. The van der Waals surface area contributed by atoms with E-state index >= 15 is 0 Å². The molecule has 5 aromatic carbocycles. The highest BCUT2D eigenvalue weighted by molar-refractivity contribution is 6.75. The second-order valence-electron chi connectivity index (χ2n) is 15.6. The maximum absolute atomic E-state index is 6.77. The molecule has 0 spiro atoms. The van der Waals surface area contributed by atoms with Gasteiger partial charge in [-0.05, 0) is 89.9 Å². The fourth-order valence-electron chi connectivity index (χ4n) is 7.99. The number of hydrogen-bond acceptors (Lipinski definition) is 4. The van der Waals surface area contributed by atoms with Crippen molar-refractivity contribution < 1.29 is 14.0 Å². The van der Waals surface area contributed by atoms with Crippen molar-refractivity contribution in [2.75, 3.05) is 4.81 Å². The Kier molecular flexibility index (Phi) is 7.17. The van der Waals surface area contributed by atoms with Crippen molar-refractivity contribution in [3.63, 3.8) is 0 Å². The average molecular weight is 681 g/mol. The Labute approximate surface area is 306 Å². The second kappa shape index (κ2) is 11.6. The van der Waals surface area contributed by atoms with Crippen LogP contribution in [0.15, 0.2) is 121 Å².